The summed E-state index contributed by atoms with van der Waals surface area (Å²) in [6.45, 7) is -3.04. The number of rotatable bonds is 2. The maximum atomic E-state index is 12.5. The van der Waals surface area contributed by atoms with Crippen LogP contribution in [-0.2, 0) is 4.79 Å². The number of amides is 1. The second-order valence-corrected chi connectivity index (χ2v) is 4.98. The number of alkyl halides is 2. The van der Waals surface area contributed by atoms with Crippen LogP contribution in [0.15, 0.2) is 12.3 Å². The Bertz CT molecular complexity index is 591. The van der Waals surface area contributed by atoms with Gasteiger partial charge in [0.25, 0.3) is 5.91 Å². The Morgan fingerprint density at radius 3 is 2.90 bits per heavy atom. The first-order valence-corrected chi connectivity index (χ1v) is 6.22. The van der Waals surface area contributed by atoms with Crippen LogP contribution in [0.5, 0.6) is 5.88 Å². The number of hydrogen-bond donors (Lipinski definition) is 0. The number of carbonyl (C=O) groups excluding carboxylic acids is 2. The van der Waals surface area contributed by atoms with Crippen LogP contribution in [0, 0.1) is 0 Å². The van der Waals surface area contributed by atoms with Crippen molar-refractivity contribution in [3.8, 4) is 5.88 Å². The Hall–Kier alpha value is -2.05. The normalized spacial score (nSPS) is 24.9. The van der Waals surface area contributed by atoms with E-state index in [4.69, 9.17) is 0 Å². The third-order valence-electron chi connectivity index (χ3n) is 3.93. The Kier molecular flexibility index (Phi) is 2.92. The highest BCUT2D eigenvalue weighted by Gasteiger charge is 2.44. The highest BCUT2D eigenvalue weighted by atomic mass is 19.3. The van der Waals surface area contributed by atoms with E-state index in [1.807, 2.05) is 0 Å². The van der Waals surface area contributed by atoms with Gasteiger partial charge in [0.05, 0.1) is 11.5 Å². The van der Waals surface area contributed by atoms with Gasteiger partial charge in [0, 0.05) is 31.3 Å². The molecule has 0 N–H and O–H groups in total. The molecule has 7 heteroatoms. The summed E-state index contributed by atoms with van der Waals surface area (Å²) >= 11 is 0. The molecule has 1 aliphatic heterocycles. The molecule has 2 unspecified atom stereocenters. The fourth-order valence-electron chi connectivity index (χ4n) is 2.95. The predicted molar refractivity (Wildman–Crippen MR) is 63.7 cm³/mol. The Morgan fingerprint density at radius 1 is 1.45 bits per heavy atom. The third-order valence-corrected chi connectivity index (χ3v) is 3.93. The minimum Gasteiger partial charge on any atom is -0.417 e. The number of Topliss-reactive ketones (excluding diaryl/α,β-unsaturated/α-hetero) is 1. The zero-order chi connectivity index (χ0) is 14.4. The molecule has 1 saturated carbocycles. The van der Waals surface area contributed by atoms with Gasteiger partial charge in [-0.15, -0.1) is 0 Å². The van der Waals surface area contributed by atoms with Crippen molar-refractivity contribution in [2.75, 3.05) is 7.05 Å². The van der Waals surface area contributed by atoms with E-state index < -0.39 is 12.5 Å². The summed E-state index contributed by atoms with van der Waals surface area (Å²) in [5.74, 6) is -1.27. The number of aromatic nitrogens is 1. The van der Waals surface area contributed by atoms with Gasteiger partial charge < -0.3 is 9.64 Å². The number of hydrogen-bond acceptors (Lipinski definition) is 4. The van der Waals surface area contributed by atoms with E-state index in [2.05, 4.69) is 9.72 Å². The lowest BCUT2D eigenvalue weighted by Crippen LogP contribution is -2.35. The second-order valence-electron chi connectivity index (χ2n) is 4.98. The molecular formula is C13H12F2N2O3. The Balaban J connectivity index is 2.17. The highest BCUT2D eigenvalue weighted by molar-refractivity contribution is 6.02. The van der Waals surface area contributed by atoms with E-state index in [1.165, 1.54) is 17.2 Å². The standard InChI is InChI=1S/C13H12F2N2O3/c1-17-6-4-8(9(18)5-6)10-7(12(17)19)2-3-16-11(10)20-13(14)15/h2-3,6,8,13H,4-5H2,1H3. The summed E-state index contributed by atoms with van der Waals surface area (Å²) in [5, 5.41) is 0. The lowest BCUT2D eigenvalue weighted by Gasteiger charge is -2.23. The summed E-state index contributed by atoms with van der Waals surface area (Å²) in [6.07, 6.45) is 1.92. The molecule has 1 aliphatic carbocycles. The monoisotopic (exact) mass is 282 g/mol. The Labute approximate surface area is 113 Å². The van der Waals surface area contributed by atoms with Gasteiger partial charge in [-0.05, 0) is 12.5 Å². The molecule has 1 aromatic heterocycles. The van der Waals surface area contributed by atoms with Gasteiger partial charge in [0.15, 0.2) is 0 Å². The topological polar surface area (TPSA) is 59.5 Å². The molecule has 0 spiro atoms. The zero-order valence-electron chi connectivity index (χ0n) is 10.7. The maximum Gasteiger partial charge on any atom is 0.388 e. The van der Waals surface area contributed by atoms with E-state index in [1.54, 1.807) is 7.05 Å². The minimum atomic E-state index is -3.04. The van der Waals surface area contributed by atoms with Crippen LogP contribution in [0.1, 0.15) is 34.7 Å². The molecule has 1 fully saturated rings. The predicted octanol–water partition coefficient (Wildman–Crippen LogP) is 1.58. The molecule has 2 aliphatic rings. The summed E-state index contributed by atoms with van der Waals surface area (Å²) in [5.41, 5.74) is 0.424. The summed E-state index contributed by atoms with van der Waals surface area (Å²) < 4.78 is 29.3. The van der Waals surface area contributed by atoms with Gasteiger partial charge in [-0.2, -0.15) is 8.78 Å². The van der Waals surface area contributed by atoms with Gasteiger partial charge in [-0.25, -0.2) is 4.98 Å². The molecule has 106 valence electrons. The van der Waals surface area contributed by atoms with Crippen LogP contribution < -0.4 is 4.74 Å². The van der Waals surface area contributed by atoms with Crippen LogP contribution in [0.4, 0.5) is 8.78 Å². The van der Waals surface area contributed by atoms with Crippen molar-refractivity contribution in [1.29, 1.82) is 0 Å². The van der Waals surface area contributed by atoms with Gasteiger partial charge in [-0.3, -0.25) is 9.59 Å². The van der Waals surface area contributed by atoms with Crippen LogP contribution in [0.3, 0.4) is 0 Å². The fraction of sp³-hybridized carbons (Fsp3) is 0.462. The van der Waals surface area contributed by atoms with E-state index in [-0.39, 0.29) is 41.2 Å². The highest BCUT2D eigenvalue weighted by Crippen LogP contribution is 2.42. The lowest BCUT2D eigenvalue weighted by molar-refractivity contribution is -0.119. The van der Waals surface area contributed by atoms with E-state index in [0.717, 1.165) is 0 Å². The van der Waals surface area contributed by atoms with Crippen molar-refractivity contribution in [3.63, 3.8) is 0 Å². The molecule has 2 bridgehead atoms. The first-order chi connectivity index (χ1) is 9.49. The first kappa shape index (κ1) is 13.0. The molecule has 0 saturated heterocycles. The van der Waals surface area contributed by atoms with Gasteiger partial charge in [0.2, 0.25) is 5.88 Å². The van der Waals surface area contributed by atoms with Gasteiger partial charge >= 0.3 is 6.61 Å². The molecule has 3 rings (SSSR count). The smallest absolute Gasteiger partial charge is 0.388 e. The average molecular weight is 282 g/mol. The van der Waals surface area contributed by atoms with Crippen molar-refractivity contribution < 1.29 is 23.1 Å². The molecule has 1 amide bonds. The van der Waals surface area contributed by atoms with Crippen molar-refractivity contribution in [3.05, 3.63) is 23.4 Å². The maximum absolute atomic E-state index is 12.5. The third kappa shape index (κ3) is 1.85. The van der Waals surface area contributed by atoms with Gasteiger partial charge in [-0.1, -0.05) is 0 Å². The molecular weight excluding hydrogens is 270 g/mol. The number of halogens is 2. The van der Waals surface area contributed by atoms with Crippen LogP contribution >= 0.6 is 0 Å². The molecule has 0 aromatic carbocycles. The number of ketones is 1. The van der Waals surface area contributed by atoms with Gasteiger partial charge in [0.1, 0.15) is 5.78 Å². The summed E-state index contributed by atoms with van der Waals surface area (Å²) in [6, 6.07) is 1.26. The number of carbonyl (C=O) groups is 2. The zero-order valence-corrected chi connectivity index (χ0v) is 10.7. The molecule has 5 nitrogen and oxygen atoms in total. The van der Waals surface area contributed by atoms with Crippen LogP contribution in [0.2, 0.25) is 0 Å². The minimum absolute atomic E-state index is 0.0669. The van der Waals surface area contributed by atoms with Crippen molar-refractivity contribution in [1.82, 2.24) is 9.88 Å². The fourth-order valence-corrected chi connectivity index (χ4v) is 2.95. The second kappa shape index (κ2) is 4.50. The number of fused-ring (bicyclic) bond motifs is 4. The van der Waals surface area contributed by atoms with Crippen molar-refractivity contribution in [2.24, 2.45) is 0 Å². The Morgan fingerprint density at radius 2 is 2.20 bits per heavy atom. The number of nitrogens with zero attached hydrogens (tertiary/aromatic N) is 2. The summed E-state index contributed by atoms with van der Waals surface area (Å²) in [7, 11) is 1.62. The SMILES string of the molecule is CN1C(=O)c2ccnc(OC(F)F)c2C2CC1CC2=O. The number of pyridine rings is 1. The van der Waals surface area contributed by atoms with E-state index >= 15 is 0 Å². The van der Waals surface area contributed by atoms with Crippen molar-refractivity contribution in [2.45, 2.75) is 31.4 Å². The van der Waals surface area contributed by atoms with Crippen LogP contribution in [-0.4, -0.2) is 41.3 Å². The van der Waals surface area contributed by atoms with E-state index in [0.29, 0.717) is 6.42 Å². The summed E-state index contributed by atoms with van der Waals surface area (Å²) in [4.78, 5) is 29.6. The molecule has 20 heavy (non-hydrogen) atoms. The molecule has 0 radical (unpaired) electrons. The lowest BCUT2D eigenvalue weighted by atomic mass is 9.93. The average Bonchev–Trinajstić information content (AvgIpc) is 2.73. The number of ether oxygens (including phenoxy) is 1. The van der Waals surface area contributed by atoms with Crippen LogP contribution in [0.25, 0.3) is 0 Å². The largest absolute Gasteiger partial charge is 0.417 e. The van der Waals surface area contributed by atoms with E-state index in [9.17, 15) is 18.4 Å². The van der Waals surface area contributed by atoms with Crippen molar-refractivity contribution >= 4 is 11.7 Å². The molecule has 2 heterocycles. The molecule has 1 aromatic rings. The molecule has 2 atom stereocenters. The first-order valence-electron chi connectivity index (χ1n) is 6.22. The quantitative estimate of drug-likeness (QED) is 0.826.